The molecule has 0 aromatic heterocycles. The fourth-order valence-electron chi connectivity index (χ4n) is 4.69. The van der Waals surface area contributed by atoms with Crippen molar-refractivity contribution in [3.63, 3.8) is 0 Å². The summed E-state index contributed by atoms with van der Waals surface area (Å²) in [5, 5.41) is 43.7. The number of hydrogen-bond acceptors (Lipinski definition) is 10. The second-order valence-corrected chi connectivity index (χ2v) is 11.0. The molecule has 40 heavy (non-hydrogen) atoms. The molecule has 0 aliphatic carbocycles. The molecule has 0 saturated carbocycles. The normalized spacial score (nSPS) is 19.5. The second kappa shape index (κ2) is 13.7. The molecule has 0 fully saturated rings. The van der Waals surface area contributed by atoms with Crippen LogP contribution in [0, 0.1) is 11.8 Å². The van der Waals surface area contributed by atoms with E-state index in [1.807, 2.05) is 0 Å². The summed E-state index contributed by atoms with van der Waals surface area (Å²) < 4.78 is 8.13. The van der Waals surface area contributed by atoms with E-state index >= 15 is 4.79 Å². The van der Waals surface area contributed by atoms with Crippen LogP contribution in [-0.4, -0.2) is 121 Å². The van der Waals surface area contributed by atoms with Crippen LogP contribution in [0.4, 0.5) is 0 Å². The van der Waals surface area contributed by atoms with Crippen LogP contribution in [0.5, 0.6) is 0 Å². The molecule has 5 N–H and O–H groups in total. The number of carbonyl (C=O) groups excluding carboxylic acids is 5. The van der Waals surface area contributed by atoms with Crippen molar-refractivity contribution in [2.45, 2.75) is 103 Å². The van der Waals surface area contributed by atoms with Crippen molar-refractivity contribution < 1.29 is 50.6 Å². The fourth-order valence-corrected chi connectivity index (χ4v) is 4.69. The number of likely N-dealkylation sites (N-methyl/N-ethyl adjacent to an activating group) is 3. The minimum atomic E-state index is -3.32. The van der Waals surface area contributed by atoms with E-state index in [1.54, 1.807) is 13.8 Å². The Morgan fingerprint density at radius 1 is 0.900 bits per heavy atom. The summed E-state index contributed by atoms with van der Waals surface area (Å²) in [6, 6.07) is -1.10. The van der Waals surface area contributed by atoms with E-state index in [4.69, 9.17) is 1.37 Å². The van der Waals surface area contributed by atoms with Crippen molar-refractivity contribution in [2.75, 3.05) is 21.1 Å². The van der Waals surface area contributed by atoms with Crippen molar-refractivity contribution in [3.05, 3.63) is 0 Å². The molecule has 0 saturated heterocycles. The van der Waals surface area contributed by atoms with E-state index in [9.17, 15) is 44.4 Å². The molecule has 0 aromatic rings. The minimum Gasteiger partial charge on any atom is -0.479 e. The van der Waals surface area contributed by atoms with Crippen LogP contribution in [0.25, 0.3) is 0 Å². The molecule has 0 spiro atoms. The number of carboxylic acids is 1. The first-order chi connectivity index (χ1) is 18.6. The van der Waals surface area contributed by atoms with Crippen LogP contribution in [0.2, 0.25) is 0 Å². The van der Waals surface area contributed by atoms with Crippen LogP contribution in [0.3, 0.4) is 0 Å². The van der Waals surface area contributed by atoms with Gasteiger partial charge in [0, 0.05) is 15.4 Å². The molecular weight excluding hydrogens is 526 g/mol. The lowest BCUT2D eigenvalue weighted by molar-refractivity contribution is -0.180. The largest absolute Gasteiger partial charge is 0.479 e. The van der Waals surface area contributed by atoms with Crippen molar-refractivity contribution in [1.29, 1.82) is 0 Å². The van der Waals surface area contributed by atoms with Gasteiger partial charge in [-0.1, -0.05) is 34.1 Å². The molecule has 0 unspecified atom stereocenters. The number of aliphatic carboxylic acids is 1. The monoisotopic (exact) mass is 574 g/mol. The molecule has 0 rings (SSSR count). The predicted molar refractivity (Wildman–Crippen MR) is 145 cm³/mol. The van der Waals surface area contributed by atoms with Crippen LogP contribution >= 0.6 is 0 Å². The molecular formula is C27H47N3O10. The third-order valence-electron chi connectivity index (χ3n) is 7.58. The first-order valence-corrected chi connectivity index (χ1v) is 13.1. The minimum absolute atomic E-state index is 0.108. The summed E-state index contributed by atoms with van der Waals surface area (Å²) >= 11 is 0. The number of hydrogen-bond donors (Lipinski definition) is 5. The number of aliphatic hydroxyl groups is 3. The Morgan fingerprint density at radius 3 is 1.68 bits per heavy atom. The Bertz CT molecular complexity index is 1020. The zero-order valence-electron chi connectivity index (χ0n) is 26.1. The summed E-state index contributed by atoms with van der Waals surface area (Å²) in [7, 11) is 1.30. The number of rotatable bonds is 16. The maximum Gasteiger partial charge on any atom is 0.343 e. The Hall–Kier alpha value is -2.74. The summed E-state index contributed by atoms with van der Waals surface area (Å²) in [4.78, 5) is 83.0. The highest BCUT2D eigenvalue weighted by atomic mass is 16.4. The van der Waals surface area contributed by atoms with Crippen molar-refractivity contribution in [3.8, 4) is 0 Å². The summed E-state index contributed by atoms with van der Waals surface area (Å²) in [6.45, 7) is 10.1. The van der Waals surface area contributed by atoms with Gasteiger partial charge in [0.1, 0.15) is 12.2 Å². The number of ketones is 3. The number of carbonyl (C=O) groups is 6. The van der Waals surface area contributed by atoms with E-state index < -0.39 is 83.0 Å². The lowest BCUT2D eigenvalue weighted by Gasteiger charge is -2.51. The van der Waals surface area contributed by atoms with Gasteiger partial charge in [-0.15, -0.1) is 0 Å². The molecule has 0 bridgehead atoms. The fraction of sp³-hybridized carbons (Fsp3) is 0.778. The number of nitrogens with zero attached hydrogens (tertiary/aromatic N) is 2. The van der Waals surface area contributed by atoms with Gasteiger partial charge in [-0.05, 0) is 53.0 Å². The maximum absolute atomic E-state index is 15.0. The summed E-state index contributed by atoms with van der Waals surface area (Å²) in [6.07, 6.45) is -3.57. The van der Waals surface area contributed by atoms with Crippen molar-refractivity contribution in [1.82, 2.24) is 15.1 Å². The van der Waals surface area contributed by atoms with Gasteiger partial charge < -0.3 is 35.5 Å². The third-order valence-corrected chi connectivity index (χ3v) is 7.58. The van der Waals surface area contributed by atoms with Gasteiger partial charge in [0.15, 0.2) is 22.6 Å². The zero-order chi connectivity index (χ0) is 32.8. The quantitative estimate of drug-likeness (QED) is 0.147. The van der Waals surface area contributed by atoms with Crippen LogP contribution in [-0.2, 0) is 28.8 Å². The number of nitrogens with one attached hydrogen (secondary N) is 1. The van der Waals surface area contributed by atoms with Crippen molar-refractivity contribution in [2.24, 2.45) is 11.8 Å². The van der Waals surface area contributed by atoms with E-state index in [2.05, 4.69) is 5.32 Å². The van der Waals surface area contributed by atoms with Crippen LogP contribution in [0.15, 0.2) is 0 Å². The highest BCUT2D eigenvalue weighted by Gasteiger charge is 2.67. The van der Waals surface area contributed by atoms with Crippen LogP contribution < -0.4 is 5.32 Å². The number of aliphatic hydroxyl groups excluding tert-OH is 2. The Morgan fingerprint density at radius 2 is 1.35 bits per heavy atom. The molecule has 13 nitrogen and oxygen atoms in total. The SMILES string of the molecule is [2H]CN(C(=O)[C@@H](C)O)[C@@](C(=O)[C@@](C)(O)C(=O)O)(C(=O)[C@@](C)(C(=O)[C@H](CC(C)C)NC)N(C)C(=O)[C@@H](C)O)[C@@H](C)CC. The third kappa shape index (κ3) is 6.59. The molecule has 0 radical (unpaired) electrons. The molecule has 0 aliphatic rings. The highest BCUT2D eigenvalue weighted by molar-refractivity contribution is 6.30. The maximum atomic E-state index is 15.0. The Labute approximate surface area is 237 Å². The number of amides is 2. The van der Waals surface area contributed by atoms with E-state index in [-0.39, 0.29) is 18.8 Å². The molecule has 0 aliphatic heterocycles. The van der Waals surface area contributed by atoms with Gasteiger partial charge in [-0.2, -0.15) is 0 Å². The zero-order valence-corrected chi connectivity index (χ0v) is 25.1. The number of carboxylic acid groups (broad SMARTS) is 1. The van der Waals surface area contributed by atoms with E-state index in [0.717, 1.165) is 27.8 Å². The first-order valence-electron chi connectivity index (χ1n) is 13.8. The Kier molecular flexibility index (Phi) is 12.1. The van der Waals surface area contributed by atoms with Gasteiger partial charge >= 0.3 is 5.97 Å². The van der Waals surface area contributed by atoms with Gasteiger partial charge in [0.25, 0.3) is 11.8 Å². The van der Waals surface area contributed by atoms with Gasteiger partial charge in [0.05, 0.1) is 6.04 Å². The van der Waals surface area contributed by atoms with Crippen molar-refractivity contribution >= 4 is 35.1 Å². The molecule has 13 heteroatoms. The highest BCUT2D eigenvalue weighted by Crippen LogP contribution is 2.39. The smallest absolute Gasteiger partial charge is 0.343 e. The average Bonchev–Trinajstić information content (AvgIpc) is 2.90. The molecule has 230 valence electrons. The predicted octanol–water partition coefficient (Wildman–Crippen LogP) is -0.615. The van der Waals surface area contributed by atoms with E-state index in [1.165, 1.54) is 20.9 Å². The molecule has 7 atom stereocenters. The molecule has 2 amide bonds. The van der Waals surface area contributed by atoms with Gasteiger partial charge in [-0.3, -0.25) is 24.0 Å². The van der Waals surface area contributed by atoms with Gasteiger partial charge in [0.2, 0.25) is 11.4 Å². The first kappa shape index (κ1) is 35.3. The lowest BCUT2D eigenvalue weighted by Crippen LogP contribution is -2.78. The number of Topliss-reactive ketones (excluding diaryl/α,β-unsaturated/α-hetero) is 3. The molecule has 0 aromatic carbocycles. The summed E-state index contributed by atoms with van der Waals surface area (Å²) in [5.41, 5.74) is -9.01. The summed E-state index contributed by atoms with van der Waals surface area (Å²) in [5.74, 6) is -10.1. The Balaban J connectivity index is 8.29. The standard InChI is InChI=1S/C27H47N3O10/c1-12-15(4)27(30(11)21(35)17(6)32,23(37)26(8,40)24(38)39)22(36)25(7,29(10)20(34)16(5)31)19(33)18(28-9)13-14(2)3/h14-18,28,31-32,40H,12-13H2,1-11H3,(H,38,39)/t15-,16+,17+,18-,25+,26+,27+/m0/s1/i11D. The topological polar surface area (TPSA) is 202 Å². The molecule has 0 heterocycles. The van der Waals surface area contributed by atoms with E-state index in [0.29, 0.717) is 16.7 Å². The average molecular weight is 575 g/mol. The second-order valence-electron chi connectivity index (χ2n) is 11.0. The lowest BCUT2D eigenvalue weighted by atomic mass is 9.64. The van der Waals surface area contributed by atoms with Crippen LogP contribution in [0.1, 0.15) is 69.6 Å². The van der Waals surface area contributed by atoms with Gasteiger partial charge in [-0.25, -0.2) is 4.79 Å².